The Kier molecular flexibility index (Phi) is 7.03. The molecule has 3 nitrogen and oxygen atoms in total. The first-order valence-corrected chi connectivity index (χ1v) is 7.64. The molecule has 0 fully saturated rings. The van der Waals surface area contributed by atoms with Gasteiger partial charge in [-0.3, -0.25) is 10.1 Å². The van der Waals surface area contributed by atoms with Gasteiger partial charge in [-0.1, -0.05) is 43.1 Å². The lowest BCUT2D eigenvalue weighted by Crippen LogP contribution is -2.46. The van der Waals surface area contributed by atoms with Crippen LogP contribution in [0.3, 0.4) is 0 Å². The number of hydrogen-bond acceptors (Lipinski definition) is 2. The molecule has 1 amide bonds. The van der Waals surface area contributed by atoms with Crippen LogP contribution in [0.5, 0.6) is 0 Å². The zero-order valence-electron chi connectivity index (χ0n) is 12.7. The summed E-state index contributed by atoms with van der Waals surface area (Å²) in [5.74, 6) is 0.0323. The number of nitrogens with one attached hydrogen (secondary N) is 2. The monoisotopic (exact) mass is 296 g/mol. The number of benzene rings is 1. The predicted molar refractivity (Wildman–Crippen MR) is 85.0 cm³/mol. The molecule has 0 heterocycles. The van der Waals surface area contributed by atoms with Gasteiger partial charge >= 0.3 is 0 Å². The normalized spacial score (nSPS) is 15.4. The first kappa shape index (κ1) is 17.0. The average Bonchev–Trinajstić information content (AvgIpc) is 2.39. The Morgan fingerprint density at radius 1 is 1.25 bits per heavy atom. The van der Waals surface area contributed by atoms with Crippen LogP contribution in [0.2, 0.25) is 5.02 Å². The lowest BCUT2D eigenvalue weighted by atomic mass is 10.1. The zero-order valence-corrected chi connectivity index (χ0v) is 13.5. The maximum Gasteiger partial charge on any atom is 0.237 e. The van der Waals surface area contributed by atoms with E-state index in [0.29, 0.717) is 0 Å². The van der Waals surface area contributed by atoms with Crippen molar-refractivity contribution < 1.29 is 4.79 Å². The minimum absolute atomic E-state index is 0.0323. The van der Waals surface area contributed by atoms with Crippen molar-refractivity contribution in [3.05, 3.63) is 34.9 Å². The summed E-state index contributed by atoms with van der Waals surface area (Å²) in [6, 6.07) is 7.70. The van der Waals surface area contributed by atoms with Crippen molar-refractivity contribution in [3.63, 3.8) is 0 Å². The fourth-order valence-corrected chi connectivity index (χ4v) is 2.54. The second-order valence-electron chi connectivity index (χ2n) is 5.33. The van der Waals surface area contributed by atoms with E-state index in [1.54, 1.807) is 0 Å². The molecule has 3 atom stereocenters. The number of amides is 1. The average molecular weight is 297 g/mol. The Labute approximate surface area is 127 Å². The van der Waals surface area contributed by atoms with E-state index in [1.165, 1.54) is 0 Å². The molecule has 2 unspecified atom stereocenters. The van der Waals surface area contributed by atoms with E-state index in [0.717, 1.165) is 23.4 Å². The van der Waals surface area contributed by atoms with E-state index in [4.69, 9.17) is 11.6 Å². The number of carbonyl (C=O) groups excluding carboxylic acids is 1. The fraction of sp³-hybridized carbons (Fsp3) is 0.562. The summed E-state index contributed by atoms with van der Waals surface area (Å²) in [6.07, 6.45) is 2.07. The van der Waals surface area contributed by atoms with E-state index >= 15 is 0 Å². The van der Waals surface area contributed by atoms with E-state index in [-0.39, 0.29) is 24.0 Å². The number of halogens is 1. The molecule has 20 heavy (non-hydrogen) atoms. The van der Waals surface area contributed by atoms with Crippen LogP contribution in [0, 0.1) is 0 Å². The van der Waals surface area contributed by atoms with Crippen LogP contribution in [-0.2, 0) is 4.79 Å². The molecule has 0 saturated carbocycles. The van der Waals surface area contributed by atoms with Crippen molar-refractivity contribution in [1.29, 1.82) is 0 Å². The van der Waals surface area contributed by atoms with Crippen molar-refractivity contribution in [1.82, 2.24) is 10.6 Å². The molecule has 4 heteroatoms. The molecule has 2 N–H and O–H groups in total. The molecule has 112 valence electrons. The lowest BCUT2D eigenvalue weighted by Gasteiger charge is -2.22. The van der Waals surface area contributed by atoms with Crippen LogP contribution in [-0.4, -0.2) is 18.0 Å². The molecule has 0 saturated heterocycles. The van der Waals surface area contributed by atoms with Crippen molar-refractivity contribution in [2.24, 2.45) is 0 Å². The van der Waals surface area contributed by atoms with Gasteiger partial charge in [-0.05, 0) is 38.8 Å². The number of rotatable bonds is 7. The van der Waals surface area contributed by atoms with Crippen molar-refractivity contribution >= 4 is 17.5 Å². The zero-order chi connectivity index (χ0) is 15.1. The Bertz CT molecular complexity index is 436. The van der Waals surface area contributed by atoms with Gasteiger partial charge in [0, 0.05) is 17.1 Å². The summed E-state index contributed by atoms with van der Waals surface area (Å²) in [5.41, 5.74) is 1.01. The first-order valence-electron chi connectivity index (χ1n) is 7.26. The SMILES string of the molecule is CCCC(C)NC(=O)C(C)N[C@@H](C)c1ccccc1Cl. The van der Waals surface area contributed by atoms with E-state index in [9.17, 15) is 4.79 Å². The molecule has 0 radical (unpaired) electrons. The van der Waals surface area contributed by atoms with Gasteiger partial charge in [-0.2, -0.15) is 0 Å². The summed E-state index contributed by atoms with van der Waals surface area (Å²) in [6.45, 7) is 8.04. The smallest absolute Gasteiger partial charge is 0.237 e. The summed E-state index contributed by atoms with van der Waals surface area (Å²) < 4.78 is 0. The molecule has 0 aliphatic heterocycles. The van der Waals surface area contributed by atoms with Gasteiger partial charge in [0.2, 0.25) is 5.91 Å². The molecule has 1 aromatic carbocycles. The van der Waals surface area contributed by atoms with Crippen LogP contribution in [0.25, 0.3) is 0 Å². The number of hydrogen-bond donors (Lipinski definition) is 2. The topological polar surface area (TPSA) is 41.1 Å². The highest BCUT2D eigenvalue weighted by molar-refractivity contribution is 6.31. The molecule has 1 rings (SSSR count). The summed E-state index contributed by atoms with van der Waals surface area (Å²) in [4.78, 5) is 12.1. The van der Waals surface area contributed by atoms with Gasteiger partial charge in [0.25, 0.3) is 0 Å². The highest BCUT2D eigenvalue weighted by Gasteiger charge is 2.18. The van der Waals surface area contributed by atoms with Gasteiger partial charge in [0.15, 0.2) is 0 Å². The Hall–Kier alpha value is -1.06. The molecular weight excluding hydrogens is 272 g/mol. The van der Waals surface area contributed by atoms with Gasteiger partial charge in [0.1, 0.15) is 0 Å². The summed E-state index contributed by atoms with van der Waals surface area (Å²) >= 11 is 6.17. The predicted octanol–water partition coefficient (Wildman–Crippen LogP) is 3.68. The van der Waals surface area contributed by atoms with Crippen LogP contribution in [0.1, 0.15) is 52.1 Å². The van der Waals surface area contributed by atoms with Gasteiger partial charge in [-0.25, -0.2) is 0 Å². The lowest BCUT2D eigenvalue weighted by molar-refractivity contribution is -0.123. The second-order valence-corrected chi connectivity index (χ2v) is 5.74. The highest BCUT2D eigenvalue weighted by atomic mass is 35.5. The maximum absolute atomic E-state index is 12.1. The quantitative estimate of drug-likeness (QED) is 0.806. The van der Waals surface area contributed by atoms with Gasteiger partial charge < -0.3 is 5.32 Å². The van der Waals surface area contributed by atoms with Gasteiger partial charge in [-0.15, -0.1) is 0 Å². The molecule has 0 spiro atoms. The largest absolute Gasteiger partial charge is 0.352 e. The minimum Gasteiger partial charge on any atom is -0.352 e. The molecule has 0 bridgehead atoms. The van der Waals surface area contributed by atoms with Crippen LogP contribution < -0.4 is 10.6 Å². The Morgan fingerprint density at radius 2 is 1.90 bits per heavy atom. The molecule has 0 aliphatic carbocycles. The fourth-order valence-electron chi connectivity index (χ4n) is 2.24. The second kappa shape index (κ2) is 8.28. The first-order chi connectivity index (χ1) is 9.45. The minimum atomic E-state index is -0.249. The van der Waals surface area contributed by atoms with E-state index in [2.05, 4.69) is 17.6 Å². The van der Waals surface area contributed by atoms with Crippen molar-refractivity contribution in [2.45, 2.75) is 58.7 Å². The Morgan fingerprint density at radius 3 is 2.50 bits per heavy atom. The van der Waals surface area contributed by atoms with Crippen molar-refractivity contribution in [2.75, 3.05) is 0 Å². The standard InChI is InChI=1S/C16H25ClN2O/c1-5-8-11(2)18-16(20)13(4)19-12(3)14-9-6-7-10-15(14)17/h6-7,9-13,19H,5,8H2,1-4H3,(H,18,20)/t11?,12-,13?/m0/s1. The third-order valence-electron chi connectivity index (χ3n) is 3.38. The third-order valence-corrected chi connectivity index (χ3v) is 3.72. The number of carbonyl (C=O) groups is 1. The molecule has 0 aliphatic rings. The van der Waals surface area contributed by atoms with E-state index in [1.807, 2.05) is 45.0 Å². The van der Waals surface area contributed by atoms with Crippen LogP contribution in [0.4, 0.5) is 0 Å². The van der Waals surface area contributed by atoms with Crippen LogP contribution >= 0.6 is 11.6 Å². The summed E-state index contributed by atoms with van der Waals surface area (Å²) in [7, 11) is 0. The molecular formula is C16H25ClN2O. The molecule has 1 aromatic rings. The Balaban J connectivity index is 2.55. The highest BCUT2D eigenvalue weighted by Crippen LogP contribution is 2.22. The van der Waals surface area contributed by atoms with Gasteiger partial charge in [0.05, 0.1) is 6.04 Å². The maximum atomic E-state index is 12.1. The van der Waals surface area contributed by atoms with Crippen LogP contribution in [0.15, 0.2) is 24.3 Å². The summed E-state index contributed by atoms with van der Waals surface area (Å²) in [5, 5.41) is 7.03. The third kappa shape index (κ3) is 5.14. The van der Waals surface area contributed by atoms with E-state index < -0.39 is 0 Å². The molecule has 0 aromatic heterocycles. The van der Waals surface area contributed by atoms with Crippen molar-refractivity contribution in [3.8, 4) is 0 Å².